The monoisotopic (exact) mass is 358 g/mol. The van der Waals surface area contributed by atoms with Crippen molar-refractivity contribution in [1.29, 1.82) is 0 Å². The van der Waals surface area contributed by atoms with Gasteiger partial charge in [0.1, 0.15) is 0 Å². The minimum atomic E-state index is 0. The SMILES string of the molecule is [CH-]=O.[CH-]=O.[CH-]=O.[CH-]=O.[CH-]=O.[CH-]=O.[W]. The molecule has 78 valence electrons. The third-order valence-electron chi connectivity index (χ3n) is 0. The zero-order valence-electron chi connectivity index (χ0n) is 6.32. The first-order valence-corrected chi connectivity index (χ1v) is 1.41. The van der Waals surface area contributed by atoms with Crippen LogP contribution in [0.15, 0.2) is 0 Å². The molecule has 0 atom stereocenters. The van der Waals surface area contributed by atoms with Crippen LogP contribution in [-0.2, 0) is 49.8 Å². The van der Waals surface area contributed by atoms with Crippen molar-refractivity contribution in [2.24, 2.45) is 0 Å². The van der Waals surface area contributed by atoms with Crippen LogP contribution in [0.1, 0.15) is 0 Å². The van der Waals surface area contributed by atoms with Gasteiger partial charge in [0.05, 0.1) is 0 Å². The van der Waals surface area contributed by atoms with Crippen LogP contribution in [0.5, 0.6) is 0 Å². The summed E-state index contributed by atoms with van der Waals surface area (Å²) in [5, 5.41) is 0. The molecule has 0 heterocycles. The van der Waals surface area contributed by atoms with Crippen LogP contribution >= 0.6 is 0 Å². The van der Waals surface area contributed by atoms with E-state index < -0.39 is 0 Å². The van der Waals surface area contributed by atoms with Crippen LogP contribution < -0.4 is 0 Å². The largest absolute Gasteiger partial charge is 0.545 e. The molecule has 0 fully saturated rings. The van der Waals surface area contributed by atoms with E-state index in [0.29, 0.717) is 0 Å². The Morgan fingerprint density at radius 2 is 0.308 bits per heavy atom. The Labute approximate surface area is 91.0 Å². The summed E-state index contributed by atoms with van der Waals surface area (Å²) in [6.07, 6.45) is 0. The molecular formula is C6H6O6W-6. The second-order valence-electron chi connectivity index (χ2n) is 0. The first-order valence-electron chi connectivity index (χ1n) is 1.41. The van der Waals surface area contributed by atoms with E-state index in [1.54, 1.807) is 0 Å². The zero-order chi connectivity index (χ0) is 12.0. The van der Waals surface area contributed by atoms with Crippen LogP contribution in [0.2, 0.25) is 0 Å². The summed E-state index contributed by atoms with van der Waals surface area (Å²) in [7, 11) is 0. The number of hydrogen-bond acceptors (Lipinski definition) is 6. The van der Waals surface area contributed by atoms with Gasteiger partial charge in [0, 0.05) is 21.1 Å². The number of carbonyl (C=O) groups excluding carboxylic acids is 6. The Hall–Kier alpha value is -1.29. The predicted molar refractivity (Wildman–Crippen MR) is 40.5 cm³/mol. The average Bonchev–Trinajstić information content (AvgIpc) is 2.33. The maximum atomic E-state index is 7.75. The molecule has 6 nitrogen and oxygen atoms in total. The van der Waals surface area contributed by atoms with Gasteiger partial charge in [0.25, 0.3) is 0 Å². The fourth-order valence-corrected chi connectivity index (χ4v) is 0. The molecule has 0 aromatic rings. The molecule has 0 saturated carbocycles. The summed E-state index contributed by atoms with van der Waals surface area (Å²) < 4.78 is 0. The van der Waals surface area contributed by atoms with E-state index in [4.69, 9.17) is 28.8 Å². The fourth-order valence-electron chi connectivity index (χ4n) is 0. The number of rotatable bonds is 0. The van der Waals surface area contributed by atoms with E-state index in [-0.39, 0.29) is 21.1 Å². The molecule has 13 heavy (non-hydrogen) atoms. The summed E-state index contributed by atoms with van der Waals surface area (Å²) in [5.41, 5.74) is 0. The van der Waals surface area contributed by atoms with Gasteiger partial charge in [-0.3, -0.25) is 40.7 Å². The molecule has 0 aromatic carbocycles. The van der Waals surface area contributed by atoms with Crippen molar-refractivity contribution < 1.29 is 49.8 Å². The minimum absolute atomic E-state index is 0. The average molecular weight is 358 g/mol. The summed E-state index contributed by atoms with van der Waals surface area (Å²) >= 11 is 0. The van der Waals surface area contributed by atoms with E-state index in [9.17, 15) is 0 Å². The maximum absolute atomic E-state index is 7.75. The van der Waals surface area contributed by atoms with Gasteiger partial charge in [-0.25, -0.2) is 0 Å². The molecule has 0 unspecified atom stereocenters. The third-order valence-corrected chi connectivity index (χ3v) is 0. The smallest absolute Gasteiger partial charge is 0 e. The van der Waals surface area contributed by atoms with Crippen LogP contribution in [0.4, 0.5) is 0 Å². The standard InChI is InChI=1S/6CHO.W/c6*1-2;/h6*1H;/q6*-1;. The second-order valence-corrected chi connectivity index (χ2v) is 0. The third kappa shape index (κ3) is 487. The van der Waals surface area contributed by atoms with E-state index >= 15 is 0 Å². The van der Waals surface area contributed by atoms with E-state index in [0.717, 1.165) is 0 Å². The first kappa shape index (κ1) is 60.6. The van der Waals surface area contributed by atoms with Gasteiger partial charge in [-0.05, 0) is 0 Å². The normalized spacial score (nSPS) is 1.85. The number of hydrogen-bond donors (Lipinski definition) is 0. The summed E-state index contributed by atoms with van der Waals surface area (Å²) in [6.45, 7) is 19.5. The molecule has 0 N–H and O–H groups in total. The fraction of sp³-hybridized carbons (Fsp3) is 0. The van der Waals surface area contributed by atoms with Crippen LogP contribution in [-0.4, -0.2) is 40.7 Å². The van der Waals surface area contributed by atoms with Crippen LogP contribution in [0, 0.1) is 0 Å². The molecule has 0 bridgehead atoms. The van der Waals surface area contributed by atoms with Gasteiger partial charge < -0.3 is 28.8 Å². The van der Waals surface area contributed by atoms with Gasteiger partial charge >= 0.3 is 0 Å². The van der Waals surface area contributed by atoms with Gasteiger partial charge in [-0.1, -0.05) is 0 Å². The summed E-state index contributed by atoms with van der Waals surface area (Å²) in [6, 6.07) is 0. The molecular weight excluding hydrogens is 352 g/mol. The molecule has 0 saturated heterocycles. The quantitative estimate of drug-likeness (QED) is 0.380. The Balaban J connectivity index is -0.00000000655. The van der Waals surface area contributed by atoms with Crippen LogP contribution in [0.25, 0.3) is 0 Å². The van der Waals surface area contributed by atoms with Crippen molar-refractivity contribution in [1.82, 2.24) is 0 Å². The molecule has 0 amide bonds. The minimum Gasteiger partial charge on any atom is -0.545 e. The molecule has 0 aliphatic rings. The van der Waals surface area contributed by atoms with Crippen molar-refractivity contribution in [3.05, 3.63) is 0 Å². The Bertz CT molecular complexity index is 32.6. The van der Waals surface area contributed by atoms with Gasteiger partial charge in [-0.2, -0.15) is 0 Å². The topological polar surface area (TPSA) is 102 Å². The van der Waals surface area contributed by atoms with Crippen LogP contribution in [0.3, 0.4) is 0 Å². The van der Waals surface area contributed by atoms with Gasteiger partial charge in [0.2, 0.25) is 0 Å². The maximum Gasteiger partial charge on any atom is 0 e. The van der Waals surface area contributed by atoms with E-state index in [2.05, 4.69) is 40.7 Å². The van der Waals surface area contributed by atoms with Crippen molar-refractivity contribution in [3.63, 3.8) is 0 Å². The molecule has 0 aromatic heterocycles. The molecule has 0 rings (SSSR count). The Morgan fingerprint density at radius 3 is 0.308 bits per heavy atom. The van der Waals surface area contributed by atoms with E-state index in [1.807, 2.05) is 0 Å². The van der Waals surface area contributed by atoms with Crippen molar-refractivity contribution in [3.8, 4) is 0 Å². The summed E-state index contributed by atoms with van der Waals surface area (Å²) in [5.74, 6) is 0. The zero-order valence-corrected chi connectivity index (χ0v) is 9.26. The molecule has 0 aliphatic heterocycles. The van der Waals surface area contributed by atoms with Gasteiger partial charge in [0.15, 0.2) is 0 Å². The predicted octanol–water partition coefficient (Wildman–Crippen LogP) is -1.65. The summed E-state index contributed by atoms with van der Waals surface area (Å²) in [4.78, 5) is 46.5. The van der Waals surface area contributed by atoms with E-state index in [1.165, 1.54) is 0 Å². The van der Waals surface area contributed by atoms with Crippen molar-refractivity contribution in [2.45, 2.75) is 0 Å². The molecule has 7 heteroatoms. The molecule has 0 spiro atoms. The first-order chi connectivity index (χ1) is 6.00. The van der Waals surface area contributed by atoms with Crippen molar-refractivity contribution in [2.75, 3.05) is 0 Å². The molecule has 0 radical (unpaired) electrons. The van der Waals surface area contributed by atoms with Gasteiger partial charge in [-0.15, -0.1) is 0 Å². The Morgan fingerprint density at radius 1 is 0.308 bits per heavy atom. The van der Waals surface area contributed by atoms with Crippen molar-refractivity contribution >= 4 is 40.7 Å². The molecule has 0 aliphatic carbocycles. The Kier molecular flexibility index (Phi) is 2820. The second kappa shape index (κ2) is 605.